The summed E-state index contributed by atoms with van der Waals surface area (Å²) >= 11 is 0. The van der Waals surface area contributed by atoms with Gasteiger partial charge in [0.1, 0.15) is 17.6 Å². The number of ether oxygens (including phenoxy) is 1. The zero-order chi connectivity index (χ0) is 15.4. The minimum atomic E-state index is -0.510. The number of aryl methyl sites for hydroxylation is 1. The van der Waals surface area contributed by atoms with E-state index in [0.29, 0.717) is 5.69 Å². The molecule has 0 amide bonds. The van der Waals surface area contributed by atoms with Crippen molar-refractivity contribution in [2.24, 2.45) is 0 Å². The molecule has 0 spiro atoms. The van der Waals surface area contributed by atoms with Crippen LogP contribution in [0.1, 0.15) is 29.7 Å². The summed E-state index contributed by atoms with van der Waals surface area (Å²) in [4.78, 5) is 0. The maximum Gasteiger partial charge on any atom is 0.141 e. The quantitative estimate of drug-likeness (QED) is 0.915. The second-order valence-electron chi connectivity index (χ2n) is 4.92. The number of nitriles is 1. The van der Waals surface area contributed by atoms with Crippen LogP contribution in [0.5, 0.6) is 5.75 Å². The van der Waals surface area contributed by atoms with Crippen LogP contribution in [-0.4, -0.2) is 7.11 Å². The molecule has 0 aliphatic rings. The molecule has 1 atom stereocenters. The summed E-state index contributed by atoms with van der Waals surface area (Å²) in [5, 5.41) is 12.1. The fourth-order valence-electron chi connectivity index (χ4n) is 2.22. The summed E-state index contributed by atoms with van der Waals surface area (Å²) in [6, 6.07) is 12.2. The standard InChI is InChI=1S/C17H17FN2O/c1-11-4-7-17(21-3)15(8-11)12(2)20-14-5-6-16(18)13(9-14)10-19/h4-9,12,20H,1-3H3. The largest absolute Gasteiger partial charge is 0.496 e. The number of methoxy groups -OCH3 is 1. The number of hydrogen-bond acceptors (Lipinski definition) is 3. The van der Waals surface area contributed by atoms with Gasteiger partial charge in [0.2, 0.25) is 0 Å². The summed E-state index contributed by atoms with van der Waals surface area (Å²) in [5.41, 5.74) is 2.88. The van der Waals surface area contributed by atoms with E-state index < -0.39 is 5.82 Å². The third kappa shape index (κ3) is 3.32. The van der Waals surface area contributed by atoms with Crippen molar-refractivity contribution < 1.29 is 9.13 Å². The van der Waals surface area contributed by atoms with E-state index in [1.54, 1.807) is 13.2 Å². The SMILES string of the molecule is COc1ccc(C)cc1C(C)Nc1ccc(F)c(C#N)c1. The number of rotatable bonds is 4. The Labute approximate surface area is 124 Å². The average Bonchev–Trinajstić information content (AvgIpc) is 2.49. The van der Waals surface area contributed by atoms with E-state index in [0.717, 1.165) is 16.9 Å². The van der Waals surface area contributed by atoms with Gasteiger partial charge in [-0.3, -0.25) is 0 Å². The second-order valence-corrected chi connectivity index (χ2v) is 4.92. The van der Waals surface area contributed by atoms with Gasteiger partial charge in [-0.05, 0) is 38.1 Å². The summed E-state index contributed by atoms with van der Waals surface area (Å²) in [6.45, 7) is 4.01. The monoisotopic (exact) mass is 284 g/mol. The molecule has 3 nitrogen and oxygen atoms in total. The minimum absolute atomic E-state index is 0.0307. The molecule has 1 unspecified atom stereocenters. The first-order valence-corrected chi connectivity index (χ1v) is 6.66. The maximum absolute atomic E-state index is 13.3. The van der Waals surface area contributed by atoms with Gasteiger partial charge in [-0.15, -0.1) is 0 Å². The zero-order valence-electron chi connectivity index (χ0n) is 12.3. The van der Waals surface area contributed by atoms with Gasteiger partial charge in [-0.25, -0.2) is 4.39 Å². The first-order chi connectivity index (χ1) is 10.0. The first-order valence-electron chi connectivity index (χ1n) is 6.66. The molecule has 0 aromatic heterocycles. The molecule has 21 heavy (non-hydrogen) atoms. The van der Waals surface area contributed by atoms with E-state index in [1.807, 2.05) is 38.1 Å². The van der Waals surface area contributed by atoms with Crippen LogP contribution >= 0.6 is 0 Å². The second kappa shape index (κ2) is 6.27. The van der Waals surface area contributed by atoms with Crippen molar-refractivity contribution in [2.45, 2.75) is 19.9 Å². The predicted molar refractivity (Wildman–Crippen MR) is 80.9 cm³/mol. The highest BCUT2D eigenvalue weighted by Gasteiger charge is 2.12. The molecule has 0 saturated heterocycles. The van der Waals surface area contributed by atoms with E-state index in [2.05, 4.69) is 5.32 Å². The van der Waals surface area contributed by atoms with Gasteiger partial charge in [0.05, 0.1) is 18.7 Å². The molecule has 0 aliphatic carbocycles. The Morgan fingerprint density at radius 3 is 2.67 bits per heavy atom. The van der Waals surface area contributed by atoms with Gasteiger partial charge in [-0.1, -0.05) is 17.7 Å². The van der Waals surface area contributed by atoms with Crippen molar-refractivity contribution >= 4 is 5.69 Å². The molecular weight excluding hydrogens is 267 g/mol. The van der Waals surface area contributed by atoms with Crippen LogP contribution in [0.15, 0.2) is 36.4 Å². The van der Waals surface area contributed by atoms with Gasteiger partial charge in [0, 0.05) is 11.3 Å². The van der Waals surface area contributed by atoms with E-state index in [4.69, 9.17) is 10.00 Å². The Hall–Kier alpha value is -2.54. The third-order valence-electron chi connectivity index (χ3n) is 3.32. The molecule has 0 fully saturated rings. The normalized spacial score (nSPS) is 11.6. The molecule has 0 heterocycles. The highest BCUT2D eigenvalue weighted by Crippen LogP contribution is 2.29. The van der Waals surface area contributed by atoms with Crippen LogP contribution in [0.2, 0.25) is 0 Å². The molecule has 0 aliphatic heterocycles. The van der Waals surface area contributed by atoms with Crippen LogP contribution in [0, 0.1) is 24.1 Å². The summed E-state index contributed by atoms with van der Waals surface area (Å²) in [7, 11) is 1.63. The number of halogens is 1. The lowest BCUT2D eigenvalue weighted by molar-refractivity contribution is 0.408. The molecule has 0 saturated carbocycles. The molecule has 2 aromatic rings. The first kappa shape index (κ1) is 14.9. The topological polar surface area (TPSA) is 45.0 Å². The molecule has 0 bridgehead atoms. The zero-order valence-corrected chi connectivity index (χ0v) is 12.3. The van der Waals surface area contributed by atoms with Gasteiger partial charge in [-0.2, -0.15) is 5.26 Å². The van der Waals surface area contributed by atoms with E-state index in [1.165, 1.54) is 12.1 Å². The van der Waals surface area contributed by atoms with Gasteiger partial charge in [0.25, 0.3) is 0 Å². The minimum Gasteiger partial charge on any atom is -0.496 e. The maximum atomic E-state index is 13.3. The van der Waals surface area contributed by atoms with Crippen LogP contribution in [0.4, 0.5) is 10.1 Å². The van der Waals surface area contributed by atoms with Crippen molar-refractivity contribution in [3.63, 3.8) is 0 Å². The summed E-state index contributed by atoms with van der Waals surface area (Å²) < 4.78 is 18.7. The number of benzene rings is 2. The van der Waals surface area contributed by atoms with E-state index >= 15 is 0 Å². The highest BCUT2D eigenvalue weighted by atomic mass is 19.1. The van der Waals surface area contributed by atoms with Gasteiger partial charge >= 0.3 is 0 Å². The molecule has 2 aromatic carbocycles. The van der Waals surface area contributed by atoms with Crippen molar-refractivity contribution in [1.29, 1.82) is 5.26 Å². The summed E-state index contributed by atoms with van der Waals surface area (Å²) in [5.74, 6) is 0.284. The van der Waals surface area contributed by atoms with Gasteiger partial charge < -0.3 is 10.1 Å². The van der Waals surface area contributed by atoms with E-state index in [9.17, 15) is 4.39 Å². The number of nitrogens with zero attached hydrogens (tertiary/aromatic N) is 1. The molecule has 2 rings (SSSR count). The number of hydrogen-bond donors (Lipinski definition) is 1. The lowest BCUT2D eigenvalue weighted by atomic mass is 10.0. The van der Waals surface area contributed by atoms with Crippen LogP contribution in [0.25, 0.3) is 0 Å². The smallest absolute Gasteiger partial charge is 0.141 e. The Morgan fingerprint density at radius 1 is 1.24 bits per heavy atom. The van der Waals surface area contributed by atoms with Crippen molar-refractivity contribution in [2.75, 3.05) is 12.4 Å². The van der Waals surface area contributed by atoms with E-state index in [-0.39, 0.29) is 11.6 Å². The average molecular weight is 284 g/mol. The van der Waals surface area contributed by atoms with Crippen molar-refractivity contribution in [3.05, 3.63) is 58.9 Å². The van der Waals surface area contributed by atoms with Crippen LogP contribution in [-0.2, 0) is 0 Å². The Morgan fingerprint density at radius 2 is 2.00 bits per heavy atom. The molecular formula is C17H17FN2O. The number of nitrogens with one attached hydrogen (secondary N) is 1. The molecule has 1 N–H and O–H groups in total. The molecule has 0 radical (unpaired) electrons. The van der Waals surface area contributed by atoms with Crippen molar-refractivity contribution in [3.8, 4) is 11.8 Å². The Balaban J connectivity index is 2.28. The molecule has 4 heteroatoms. The predicted octanol–water partition coefficient (Wildman–Crippen LogP) is 4.19. The Kier molecular flexibility index (Phi) is 4.44. The Bertz CT molecular complexity index is 692. The summed E-state index contributed by atoms with van der Waals surface area (Å²) in [6.07, 6.45) is 0. The highest BCUT2D eigenvalue weighted by molar-refractivity contribution is 5.52. The third-order valence-corrected chi connectivity index (χ3v) is 3.32. The lowest BCUT2D eigenvalue weighted by Gasteiger charge is -2.19. The fraction of sp³-hybridized carbons (Fsp3) is 0.235. The van der Waals surface area contributed by atoms with Crippen LogP contribution in [0.3, 0.4) is 0 Å². The van der Waals surface area contributed by atoms with Crippen molar-refractivity contribution in [1.82, 2.24) is 0 Å². The number of anilines is 1. The van der Waals surface area contributed by atoms with Crippen LogP contribution < -0.4 is 10.1 Å². The van der Waals surface area contributed by atoms with Gasteiger partial charge in [0.15, 0.2) is 0 Å². The molecule has 108 valence electrons. The fourth-order valence-corrected chi connectivity index (χ4v) is 2.22. The lowest BCUT2D eigenvalue weighted by Crippen LogP contribution is -2.09.